The molecule has 1 aliphatic rings. The lowest BCUT2D eigenvalue weighted by molar-refractivity contribution is 0.304. The fourth-order valence-electron chi connectivity index (χ4n) is 4.36. The first kappa shape index (κ1) is 21.5. The Kier molecular flexibility index (Phi) is 6.79. The van der Waals surface area contributed by atoms with Crippen LogP contribution in [-0.4, -0.2) is 11.2 Å². The van der Waals surface area contributed by atoms with Crippen LogP contribution in [0.2, 0.25) is 0 Å². The summed E-state index contributed by atoms with van der Waals surface area (Å²) in [6.07, 6.45) is 10.7. The predicted octanol–water partition coefficient (Wildman–Crippen LogP) is 6.84. The molecule has 1 aromatic heterocycles. The molecule has 0 unspecified atom stereocenters. The molecule has 1 fully saturated rings. The van der Waals surface area contributed by atoms with Crippen LogP contribution in [0.15, 0.2) is 72.0 Å². The summed E-state index contributed by atoms with van der Waals surface area (Å²) < 4.78 is 0. The van der Waals surface area contributed by atoms with Gasteiger partial charge in [0.25, 0.3) is 0 Å². The number of aromatic nitrogens is 1. The summed E-state index contributed by atoms with van der Waals surface area (Å²) in [7, 11) is 0. The highest BCUT2D eigenvalue weighted by Gasteiger charge is 2.31. The standard InChI is InChI=1S/C27H29N3/c1-5-24-21(12-13-28)14-18(2)20(4)26(24)15-19(3)27-11-10-23(17-30-27)25-9-7-6-8-22(25)16-29/h5-13,15,17-18,20,26,28H,14H2,1-4H3/b19-15+,21-12-,24-5?,28-13?/t18-,20+,26-/m0/s1. The summed E-state index contributed by atoms with van der Waals surface area (Å²) in [6.45, 7) is 8.82. The third-order valence-corrected chi connectivity index (χ3v) is 6.29. The Balaban J connectivity index is 1.93. The number of nitrogens with zero attached hydrogens (tertiary/aromatic N) is 2. The minimum atomic E-state index is 0.311. The maximum Gasteiger partial charge on any atom is 0.0998 e. The van der Waals surface area contributed by atoms with Gasteiger partial charge in [-0.25, -0.2) is 0 Å². The number of nitriles is 1. The third kappa shape index (κ3) is 4.33. The zero-order chi connectivity index (χ0) is 21.7. The van der Waals surface area contributed by atoms with E-state index in [9.17, 15) is 5.26 Å². The van der Waals surface area contributed by atoms with E-state index in [2.05, 4.69) is 45.9 Å². The Hall–Kier alpha value is -3.25. The van der Waals surface area contributed by atoms with Crippen LogP contribution >= 0.6 is 0 Å². The fourth-order valence-corrected chi connectivity index (χ4v) is 4.36. The Morgan fingerprint density at radius 2 is 1.97 bits per heavy atom. The second kappa shape index (κ2) is 9.50. The highest BCUT2D eigenvalue weighted by molar-refractivity contribution is 5.73. The average Bonchev–Trinajstić information content (AvgIpc) is 2.77. The second-order valence-electron chi connectivity index (χ2n) is 8.11. The van der Waals surface area contributed by atoms with Crippen LogP contribution in [0.3, 0.4) is 0 Å². The van der Waals surface area contributed by atoms with Gasteiger partial charge in [-0.05, 0) is 67.0 Å². The molecule has 1 aliphatic carbocycles. The number of nitrogens with one attached hydrogen (secondary N) is 1. The lowest BCUT2D eigenvalue weighted by Crippen LogP contribution is -2.27. The smallest absolute Gasteiger partial charge is 0.0998 e. The zero-order valence-corrected chi connectivity index (χ0v) is 18.2. The Morgan fingerprint density at radius 1 is 1.20 bits per heavy atom. The topological polar surface area (TPSA) is 60.5 Å². The van der Waals surface area contributed by atoms with Crippen molar-refractivity contribution >= 4 is 11.8 Å². The van der Waals surface area contributed by atoms with Crippen molar-refractivity contribution in [2.45, 2.75) is 34.1 Å². The monoisotopic (exact) mass is 395 g/mol. The first-order valence-corrected chi connectivity index (χ1v) is 10.5. The Morgan fingerprint density at radius 3 is 2.60 bits per heavy atom. The maximum atomic E-state index is 9.36. The molecule has 152 valence electrons. The molecule has 3 nitrogen and oxygen atoms in total. The van der Waals surface area contributed by atoms with Crippen molar-refractivity contribution in [3.05, 3.63) is 83.2 Å². The fraction of sp³-hybridized carbons (Fsp3) is 0.296. The van der Waals surface area contributed by atoms with Crippen LogP contribution in [0, 0.1) is 34.5 Å². The van der Waals surface area contributed by atoms with Gasteiger partial charge in [-0.1, -0.05) is 50.3 Å². The van der Waals surface area contributed by atoms with E-state index >= 15 is 0 Å². The number of hydrogen-bond donors (Lipinski definition) is 1. The van der Waals surface area contributed by atoms with Crippen molar-refractivity contribution in [1.29, 1.82) is 10.7 Å². The molecule has 0 bridgehead atoms. The highest BCUT2D eigenvalue weighted by atomic mass is 14.7. The first-order valence-electron chi connectivity index (χ1n) is 10.5. The predicted molar refractivity (Wildman–Crippen MR) is 125 cm³/mol. The lowest BCUT2D eigenvalue weighted by Gasteiger charge is -2.37. The van der Waals surface area contributed by atoms with E-state index in [1.165, 1.54) is 17.4 Å². The van der Waals surface area contributed by atoms with E-state index < -0.39 is 0 Å². The molecule has 30 heavy (non-hydrogen) atoms. The van der Waals surface area contributed by atoms with Crippen LogP contribution in [-0.2, 0) is 0 Å². The van der Waals surface area contributed by atoms with Gasteiger partial charge in [0.1, 0.15) is 0 Å². The molecule has 3 rings (SSSR count). The molecule has 0 aliphatic heterocycles. The summed E-state index contributed by atoms with van der Waals surface area (Å²) in [4.78, 5) is 4.70. The lowest BCUT2D eigenvalue weighted by atomic mass is 9.68. The molecule has 2 aromatic rings. The number of hydrogen-bond acceptors (Lipinski definition) is 3. The molecule has 0 radical (unpaired) electrons. The average molecular weight is 396 g/mol. The van der Waals surface area contributed by atoms with E-state index in [0.29, 0.717) is 23.3 Å². The zero-order valence-electron chi connectivity index (χ0n) is 18.2. The normalized spacial score (nSPS) is 24.6. The van der Waals surface area contributed by atoms with Crippen molar-refractivity contribution in [3.8, 4) is 17.2 Å². The van der Waals surface area contributed by atoms with Gasteiger partial charge in [0.15, 0.2) is 0 Å². The van der Waals surface area contributed by atoms with Gasteiger partial charge < -0.3 is 5.41 Å². The van der Waals surface area contributed by atoms with Crippen molar-refractivity contribution in [2.24, 2.45) is 17.8 Å². The second-order valence-corrected chi connectivity index (χ2v) is 8.11. The molecule has 1 heterocycles. The van der Waals surface area contributed by atoms with Crippen LogP contribution in [0.4, 0.5) is 0 Å². The number of allylic oxidation sites excluding steroid dienone is 6. The summed E-state index contributed by atoms with van der Waals surface area (Å²) >= 11 is 0. The number of benzene rings is 1. The van der Waals surface area contributed by atoms with Crippen LogP contribution in [0.25, 0.3) is 16.7 Å². The summed E-state index contributed by atoms with van der Waals surface area (Å²) in [5.74, 6) is 1.40. The van der Waals surface area contributed by atoms with Gasteiger partial charge in [-0.3, -0.25) is 4.98 Å². The molecule has 3 heteroatoms. The maximum absolute atomic E-state index is 9.36. The van der Waals surface area contributed by atoms with Crippen molar-refractivity contribution in [2.75, 3.05) is 0 Å². The van der Waals surface area contributed by atoms with Crippen LogP contribution in [0.5, 0.6) is 0 Å². The number of rotatable bonds is 4. The third-order valence-electron chi connectivity index (χ3n) is 6.29. The molecule has 1 saturated carbocycles. The SMILES string of the molecule is CC=C1/C(=C\C=N)C[C@H](C)[C@@H](C)[C@@H]1/C=C(\C)c1ccc(-c2ccccc2C#N)cn1. The van der Waals surface area contributed by atoms with Gasteiger partial charge in [0.05, 0.1) is 17.3 Å². The minimum absolute atomic E-state index is 0.311. The van der Waals surface area contributed by atoms with Crippen LogP contribution < -0.4 is 0 Å². The van der Waals surface area contributed by atoms with E-state index in [-0.39, 0.29) is 0 Å². The summed E-state index contributed by atoms with van der Waals surface area (Å²) in [5.41, 5.74) is 7.21. The minimum Gasteiger partial charge on any atom is -0.309 e. The molecule has 1 aromatic carbocycles. The molecular weight excluding hydrogens is 366 g/mol. The molecule has 0 amide bonds. The van der Waals surface area contributed by atoms with Gasteiger partial charge in [-0.15, -0.1) is 0 Å². The van der Waals surface area contributed by atoms with Crippen LogP contribution in [0.1, 0.15) is 45.4 Å². The quantitative estimate of drug-likeness (QED) is 0.576. The van der Waals surface area contributed by atoms with Crippen molar-refractivity contribution < 1.29 is 0 Å². The summed E-state index contributed by atoms with van der Waals surface area (Å²) in [6, 6.07) is 13.9. The van der Waals surface area contributed by atoms with Gasteiger partial charge in [0.2, 0.25) is 0 Å². The van der Waals surface area contributed by atoms with Crippen molar-refractivity contribution in [1.82, 2.24) is 4.98 Å². The highest BCUT2D eigenvalue weighted by Crippen LogP contribution is 2.43. The molecule has 3 atom stereocenters. The van der Waals surface area contributed by atoms with E-state index in [4.69, 9.17) is 10.4 Å². The van der Waals surface area contributed by atoms with E-state index in [1.807, 2.05) is 48.7 Å². The van der Waals surface area contributed by atoms with Gasteiger partial charge in [0, 0.05) is 29.5 Å². The summed E-state index contributed by atoms with van der Waals surface area (Å²) in [5, 5.41) is 16.9. The molecule has 1 N–H and O–H groups in total. The van der Waals surface area contributed by atoms with Gasteiger partial charge in [-0.2, -0.15) is 5.26 Å². The molecule has 0 saturated heterocycles. The van der Waals surface area contributed by atoms with E-state index in [0.717, 1.165) is 28.8 Å². The molecule has 0 spiro atoms. The first-order chi connectivity index (χ1) is 14.5. The Bertz CT molecular complexity index is 1050. The van der Waals surface area contributed by atoms with E-state index in [1.54, 1.807) is 0 Å². The number of pyridine rings is 1. The van der Waals surface area contributed by atoms with Crippen molar-refractivity contribution in [3.63, 3.8) is 0 Å². The molecular formula is C27H29N3. The largest absolute Gasteiger partial charge is 0.309 e. The Labute approximate surface area is 180 Å². The van der Waals surface area contributed by atoms with Gasteiger partial charge >= 0.3 is 0 Å².